The number of morpholine rings is 1. The van der Waals surface area contributed by atoms with Gasteiger partial charge in [-0.25, -0.2) is 0 Å². The van der Waals surface area contributed by atoms with Gasteiger partial charge in [0.25, 0.3) is 5.91 Å². The number of halogens is 3. The highest BCUT2D eigenvalue weighted by Crippen LogP contribution is 2.32. The second kappa shape index (κ2) is 7.14. The van der Waals surface area contributed by atoms with Crippen LogP contribution in [0.25, 0.3) is 0 Å². The molecule has 1 aliphatic heterocycles. The van der Waals surface area contributed by atoms with Crippen LogP contribution in [0.1, 0.15) is 15.9 Å². The number of para-hydroxylation sites is 1. The molecule has 0 saturated carbocycles. The molecule has 0 spiro atoms. The van der Waals surface area contributed by atoms with Gasteiger partial charge in [0.2, 0.25) is 0 Å². The maximum atomic E-state index is 12.9. The number of hydrogen-bond donors (Lipinski definition) is 1. The average molecular weight is 350 g/mol. The third-order valence-corrected chi connectivity index (χ3v) is 3.92. The van der Waals surface area contributed by atoms with Crippen molar-refractivity contribution in [2.24, 2.45) is 0 Å². The van der Waals surface area contributed by atoms with E-state index in [9.17, 15) is 18.0 Å². The van der Waals surface area contributed by atoms with Crippen molar-refractivity contribution in [2.75, 3.05) is 31.6 Å². The summed E-state index contributed by atoms with van der Waals surface area (Å²) in [5, 5.41) is 2.93. The fourth-order valence-corrected chi connectivity index (χ4v) is 2.64. The molecule has 2 aromatic carbocycles. The minimum atomic E-state index is -4.42. The Bertz CT molecular complexity index is 756. The van der Waals surface area contributed by atoms with Crippen LogP contribution in [0.3, 0.4) is 0 Å². The van der Waals surface area contributed by atoms with E-state index in [-0.39, 0.29) is 11.6 Å². The molecule has 0 radical (unpaired) electrons. The van der Waals surface area contributed by atoms with Crippen LogP contribution < -0.4 is 5.32 Å². The van der Waals surface area contributed by atoms with Gasteiger partial charge < -0.3 is 15.0 Å². The van der Waals surface area contributed by atoms with E-state index in [1.165, 1.54) is 12.1 Å². The first-order valence-corrected chi connectivity index (χ1v) is 7.85. The summed E-state index contributed by atoms with van der Waals surface area (Å²) in [5.74, 6) is -0.168. The highest BCUT2D eigenvalue weighted by atomic mass is 19.4. The monoisotopic (exact) mass is 350 g/mol. The van der Waals surface area contributed by atoms with E-state index in [1.54, 1.807) is 29.2 Å². The summed E-state index contributed by atoms with van der Waals surface area (Å²) in [7, 11) is 0. The Hall–Kier alpha value is -2.54. The van der Waals surface area contributed by atoms with Crippen molar-refractivity contribution < 1.29 is 22.7 Å². The average Bonchev–Trinajstić information content (AvgIpc) is 2.62. The maximum Gasteiger partial charge on any atom is 0.416 e. The third-order valence-electron chi connectivity index (χ3n) is 3.92. The van der Waals surface area contributed by atoms with Gasteiger partial charge in [0.05, 0.1) is 30.0 Å². The first kappa shape index (κ1) is 17.3. The first-order valence-electron chi connectivity index (χ1n) is 7.85. The van der Waals surface area contributed by atoms with Gasteiger partial charge >= 0.3 is 6.18 Å². The van der Waals surface area contributed by atoms with E-state index in [2.05, 4.69) is 5.32 Å². The number of nitrogens with zero attached hydrogens (tertiary/aromatic N) is 1. The molecular formula is C18H17F3N2O2. The quantitative estimate of drug-likeness (QED) is 0.912. The zero-order chi connectivity index (χ0) is 17.9. The predicted molar refractivity (Wildman–Crippen MR) is 87.9 cm³/mol. The number of benzene rings is 2. The molecule has 0 aliphatic carbocycles. The lowest BCUT2D eigenvalue weighted by molar-refractivity contribution is -0.137. The Kier molecular flexibility index (Phi) is 4.94. The number of nitrogens with one attached hydrogen (secondary N) is 1. The van der Waals surface area contributed by atoms with Gasteiger partial charge in [0.1, 0.15) is 0 Å². The molecule has 2 aromatic rings. The number of ether oxygens (including phenoxy) is 1. The van der Waals surface area contributed by atoms with Crippen LogP contribution in [0.2, 0.25) is 0 Å². The third kappa shape index (κ3) is 4.11. The molecule has 3 rings (SSSR count). The summed E-state index contributed by atoms with van der Waals surface area (Å²) in [6, 6.07) is 11.7. The summed E-state index contributed by atoms with van der Waals surface area (Å²) in [4.78, 5) is 14.4. The van der Waals surface area contributed by atoms with E-state index >= 15 is 0 Å². The summed E-state index contributed by atoms with van der Waals surface area (Å²) in [5.41, 5.74) is 0.423. The van der Waals surface area contributed by atoms with Crippen molar-refractivity contribution in [3.8, 4) is 0 Å². The fraction of sp³-hybridized carbons (Fsp3) is 0.278. The van der Waals surface area contributed by atoms with Crippen LogP contribution >= 0.6 is 0 Å². The molecule has 4 nitrogen and oxygen atoms in total. The molecule has 1 fully saturated rings. The predicted octanol–water partition coefficient (Wildman–Crippen LogP) is 3.92. The van der Waals surface area contributed by atoms with E-state index in [0.717, 1.165) is 12.1 Å². The lowest BCUT2D eigenvalue weighted by Gasteiger charge is -2.27. The molecule has 0 unspecified atom stereocenters. The van der Waals surface area contributed by atoms with E-state index in [1.807, 2.05) is 0 Å². The largest absolute Gasteiger partial charge is 0.416 e. The van der Waals surface area contributed by atoms with Crippen LogP contribution in [0.15, 0.2) is 48.5 Å². The lowest BCUT2D eigenvalue weighted by Crippen LogP contribution is -2.40. The van der Waals surface area contributed by atoms with Crippen molar-refractivity contribution in [3.05, 3.63) is 59.7 Å². The van der Waals surface area contributed by atoms with Crippen LogP contribution in [-0.4, -0.2) is 37.1 Å². The highest BCUT2D eigenvalue weighted by molar-refractivity contribution is 6.00. The molecule has 1 aliphatic rings. The number of hydrogen-bond acceptors (Lipinski definition) is 3. The number of carbonyl (C=O) groups excluding carboxylic acids is 1. The number of carbonyl (C=O) groups is 1. The van der Waals surface area contributed by atoms with Crippen LogP contribution in [0, 0.1) is 0 Å². The Morgan fingerprint density at radius 1 is 1.04 bits per heavy atom. The number of alkyl halides is 3. The second-order valence-electron chi connectivity index (χ2n) is 5.65. The van der Waals surface area contributed by atoms with Gasteiger partial charge in [-0.3, -0.25) is 4.79 Å². The zero-order valence-electron chi connectivity index (χ0n) is 13.3. The minimum Gasteiger partial charge on any atom is -0.378 e. The Morgan fingerprint density at radius 2 is 1.76 bits per heavy atom. The molecule has 1 heterocycles. The van der Waals surface area contributed by atoms with Gasteiger partial charge in [-0.15, -0.1) is 0 Å². The molecule has 25 heavy (non-hydrogen) atoms. The lowest BCUT2D eigenvalue weighted by atomic mass is 10.1. The SMILES string of the molecule is O=C(c1ccccc1Nc1cccc(C(F)(F)F)c1)N1CCOCC1. The molecule has 7 heteroatoms. The molecule has 1 N–H and O–H groups in total. The molecule has 1 amide bonds. The summed E-state index contributed by atoms with van der Waals surface area (Å²) >= 11 is 0. The summed E-state index contributed by atoms with van der Waals surface area (Å²) in [6.07, 6.45) is -4.42. The first-order chi connectivity index (χ1) is 11.9. The normalized spacial score (nSPS) is 15.1. The van der Waals surface area contributed by atoms with Crippen molar-refractivity contribution >= 4 is 17.3 Å². The number of amides is 1. The smallest absolute Gasteiger partial charge is 0.378 e. The van der Waals surface area contributed by atoms with Gasteiger partial charge in [-0.1, -0.05) is 18.2 Å². The van der Waals surface area contributed by atoms with Crippen molar-refractivity contribution in [2.45, 2.75) is 6.18 Å². The topological polar surface area (TPSA) is 41.6 Å². The minimum absolute atomic E-state index is 0.168. The fourth-order valence-electron chi connectivity index (χ4n) is 2.64. The van der Waals surface area contributed by atoms with Crippen molar-refractivity contribution in [3.63, 3.8) is 0 Å². The van der Waals surface area contributed by atoms with Crippen LogP contribution in [0.5, 0.6) is 0 Å². The van der Waals surface area contributed by atoms with Crippen molar-refractivity contribution in [1.82, 2.24) is 4.90 Å². The van der Waals surface area contributed by atoms with Crippen molar-refractivity contribution in [1.29, 1.82) is 0 Å². The standard InChI is InChI=1S/C18H17F3N2O2/c19-18(20,21)13-4-3-5-14(12-13)22-16-7-2-1-6-15(16)17(24)23-8-10-25-11-9-23/h1-7,12,22H,8-11H2. The number of rotatable bonds is 3. The molecule has 1 saturated heterocycles. The Morgan fingerprint density at radius 3 is 2.48 bits per heavy atom. The molecular weight excluding hydrogens is 333 g/mol. The van der Waals surface area contributed by atoms with Gasteiger partial charge in [-0.05, 0) is 30.3 Å². The molecule has 0 bridgehead atoms. The Balaban J connectivity index is 1.85. The molecule has 132 valence electrons. The Labute approximate surface area is 143 Å². The van der Waals surface area contributed by atoms with Gasteiger partial charge in [-0.2, -0.15) is 13.2 Å². The van der Waals surface area contributed by atoms with E-state index in [0.29, 0.717) is 37.6 Å². The summed E-state index contributed by atoms with van der Waals surface area (Å²) < 4.78 is 43.8. The zero-order valence-corrected chi connectivity index (χ0v) is 13.3. The van der Waals surface area contributed by atoms with Crippen LogP contribution in [0.4, 0.5) is 24.5 Å². The highest BCUT2D eigenvalue weighted by Gasteiger charge is 2.30. The second-order valence-corrected chi connectivity index (χ2v) is 5.65. The van der Waals surface area contributed by atoms with Gasteiger partial charge in [0.15, 0.2) is 0 Å². The maximum absolute atomic E-state index is 12.9. The van der Waals surface area contributed by atoms with E-state index < -0.39 is 11.7 Å². The van der Waals surface area contributed by atoms with Gasteiger partial charge in [0, 0.05) is 18.8 Å². The number of anilines is 2. The molecule has 0 aromatic heterocycles. The summed E-state index contributed by atoms with van der Waals surface area (Å²) in [6.45, 7) is 1.96. The molecule has 0 atom stereocenters. The van der Waals surface area contributed by atoms with Crippen LogP contribution in [-0.2, 0) is 10.9 Å². The van der Waals surface area contributed by atoms with E-state index in [4.69, 9.17) is 4.74 Å².